The molecule has 174 valence electrons. The van der Waals surface area contributed by atoms with E-state index in [-0.39, 0.29) is 18.5 Å². The van der Waals surface area contributed by atoms with Crippen LogP contribution in [-0.4, -0.2) is 39.0 Å². The van der Waals surface area contributed by atoms with Crippen LogP contribution in [0.4, 0.5) is 0 Å². The predicted molar refractivity (Wildman–Crippen MR) is 128 cm³/mol. The number of aryl methyl sites for hydroxylation is 2. The molecule has 1 aliphatic rings. The Morgan fingerprint density at radius 1 is 1.03 bits per heavy atom. The molecule has 2 rings (SSSR count). The van der Waals surface area contributed by atoms with Crippen LogP contribution in [-0.2, 0) is 14.3 Å². The Hall–Kier alpha value is -1.72. The fraction of sp³-hybridized carbons (Fsp3) is 0.680. The molecule has 3 N–H and O–H groups in total. The van der Waals surface area contributed by atoms with Crippen LogP contribution in [0.3, 0.4) is 0 Å². The molecule has 0 spiro atoms. The number of amides is 1. The van der Waals surface area contributed by atoms with Gasteiger partial charge in [-0.1, -0.05) is 94.2 Å². The molecule has 0 heterocycles. The molecule has 1 aromatic rings. The third-order valence-corrected chi connectivity index (χ3v) is 4.73. The second-order valence-corrected chi connectivity index (χ2v) is 7.52. The molecular formula is C25H46N2O3. The zero-order chi connectivity index (χ0) is 23.2. The lowest BCUT2D eigenvalue weighted by molar-refractivity contribution is -0.123. The van der Waals surface area contributed by atoms with E-state index in [1.165, 1.54) is 56.1 Å². The van der Waals surface area contributed by atoms with Crippen molar-refractivity contribution in [1.82, 2.24) is 5.32 Å². The van der Waals surface area contributed by atoms with E-state index < -0.39 is 0 Å². The van der Waals surface area contributed by atoms with Crippen molar-refractivity contribution < 1.29 is 14.3 Å². The largest absolute Gasteiger partial charge is 0.388 e. The summed E-state index contributed by atoms with van der Waals surface area (Å²) < 4.78 is 4.25. The number of rotatable bonds is 5. The lowest BCUT2D eigenvalue weighted by Gasteiger charge is -2.22. The Balaban J connectivity index is 0. The van der Waals surface area contributed by atoms with E-state index in [0.29, 0.717) is 5.92 Å². The summed E-state index contributed by atoms with van der Waals surface area (Å²) in [6.07, 6.45) is 10.4. The average molecular weight is 423 g/mol. The zero-order valence-electron chi connectivity index (χ0n) is 20.2. The first-order chi connectivity index (χ1) is 14.5. The molecule has 1 atom stereocenters. The monoisotopic (exact) mass is 422 g/mol. The van der Waals surface area contributed by atoms with Gasteiger partial charge in [-0.3, -0.25) is 4.79 Å². The van der Waals surface area contributed by atoms with Gasteiger partial charge in [0.25, 0.3) is 0 Å². The molecule has 0 saturated heterocycles. The quantitative estimate of drug-likeness (QED) is 0.656. The molecule has 30 heavy (non-hydrogen) atoms. The molecule has 0 radical (unpaired) electrons. The van der Waals surface area contributed by atoms with Gasteiger partial charge in [0.05, 0.1) is 12.6 Å². The molecule has 0 aliphatic heterocycles. The summed E-state index contributed by atoms with van der Waals surface area (Å²) in [5, 5.41) is 2.67. The third-order valence-electron chi connectivity index (χ3n) is 4.73. The summed E-state index contributed by atoms with van der Waals surface area (Å²) in [5.41, 5.74) is 7.88. The van der Waals surface area contributed by atoms with E-state index in [1.807, 2.05) is 13.8 Å². The zero-order valence-corrected chi connectivity index (χ0v) is 20.2. The number of hydrogen-bond donors (Lipinski definition) is 2. The average Bonchev–Trinajstić information content (AvgIpc) is 2.73. The van der Waals surface area contributed by atoms with Crippen LogP contribution < -0.4 is 11.1 Å². The minimum absolute atomic E-state index is 0.0466. The molecule has 0 aromatic heterocycles. The maximum absolute atomic E-state index is 11.2. The van der Waals surface area contributed by atoms with Gasteiger partial charge in [-0.2, -0.15) is 0 Å². The first-order valence-corrected chi connectivity index (χ1v) is 11.3. The van der Waals surface area contributed by atoms with Crippen LogP contribution >= 0.6 is 0 Å². The Labute approximate surface area is 185 Å². The first-order valence-electron chi connectivity index (χ1n) is 11.3. The maximum atomic E-state index is 11.2. The van der Waals surface area contributed by atoms with Gasteiger partial charge >= 0.3 is 0 Å². The summed E-state index contributed by atoms with van der Waals surface area (Å²) in [6.45, 7) is 8.15. The number of methoxy groups -OCH3 is 1. The molecule has 1 fully saturated rings. The molecule has 5 heteroatoms. The van der Waals surface area contributed by atoms with E-state index in [9.17, 15) is 9.59 Å². The predicted octanol–water partition coefficient (Wildman–Crippen LogP) is 4.97. The highest BCUT2D eigenvalue weighted by Crippen LogP contribution is 2.25. The minimum atomic E-state index is -0.351. The number of nitrogens with one attached hydrogen (secondary N) is 1. The molecule has 1 amide bonds. The topological polar surface area (TPSA) is 81.4 Å². The summed E-state index contributed by atoms with van der Waals surface area (Å²) in [5.74, 6) is 0.330. The molecule has 0 bridgehead atoms. The number of carbonyl (C=O) groups is 2. The van der Waals surface area contributed by atoms with Crippen LogP contribution in [0, 0.1) is 19.8 Å². The summed E-state index contributed by atoms with van der Waals surface area (Å²) >= 11 is 0. The fourth-order valence-electron chi connectivity index (χ4n) is 3.19. The van der Waals surface area contributed by atoms with Gasteiger partial charge in [-0.05, 0) is 26.2 Å². The van der Waals surface area contributed by atoms with Crippen molar-refractivity contribution in [2.75, 3.05) is 20.8 Å². The van der Waals surface area contributed by atoms with Crippen molar-refractivity contribution in [2.24, 2.45) is 11.7 Å². The van der Waals surface area contributed by atoms with E-state index in [4.69, 9.17) is 5.73 Å². The Morgan fingerprint density at radius 3 is 1.80 bits per heavy atom. The smallest absolute Gasteiger partial charge is 0.234 e. The summed E-state index contributed by atoms with van der Waals surface area (Å²) in [4.78, 5) is 22.1. The van der Waals surface area contributed by atoms with Gasteiger partial charge in [-0.15, -0.1) is 0 Å². The molecule has 1 aromatic carbocycles. The van der Waals surface area contributed by atoms with E-state index in [0.717, 1.165) is 12.7 Å². The Bertz CT molecular complexity index is 489. The Kier molecular flexibility index (Phi) is 22.3. The molecule has 1 saturated carbocycles. The van der Waals surface area contributed by atoms with Gasteiger partial charge < -0.3 is 20.6 Å². The van der Waals surface area contributed by atoms with Gasteiger partial charge in [0.1, 0.15) is 6.29 Å². The number of nitrogens with two attached hydrogens (primary N) is 1. The van der Waals surface area contributed by atoms with Crippen molar-refractivity contribution in [3.8, 4) is 0 Å². The van der Waals surface area contributed by atoms with Crippen LogP contribution in [0.25, 0.3) is 0 Å². The van der Waals surface area contributed by atoms with Gasteiger partial charge in [0, 0.05) is 14.2 Å². The van der Waals surface area contributed by atoms with Gasteiger partial charge in [0.15, 0.2) is 0 Å². The second kappa shape index (κ2) is 22.0. The highest BCUT2D eigenvalue weighted by Gasteiger charge is 2.18. The van der Waals surface area contributed by atoms with Crippen molar-refractivity contribution >= 4 is 12.2 Å². The van der Waals surface area contributed by atoms with Crippen LogP contribution in [0.15, 0.2) is 24.3 Å². The SMILES string of the molecule is CC.COC.Cc1ccc(C)cc1.NCC(=O)NC(C=O)CC1CCCCCCC1. The van der Waals surface area contributed by atoms with Crippen molar-refractivity contribution in [3.63, 3.8) is 0 Å². The lowest BCUT2D eigenvalue weighted by Crippen LogP contribution is -2.40. The standard InChI is InChI=1S/C13H24N2O2.C8H10.C2H6O.C2H6/c14-9-13(17)15-12(10-16)8-11-6-4-2-1-3-5-7-11;1-7-3-5-8(2)6-4-7;1-3-2;1-2/h10-12H,1-9,14H2,(H,15,17);3-6H,1-2H3;1-2H3;1-2H3. The number of hydrogen-bond acceptors (Lipinski definition) is 4. The minimum Gasteiger partial charge on any atom is -0.388 e. The first kappa shape index (κ1) is 30.5. The lowest BCUT2D eigenvalue weighted by atomic mass is 9.87. The normalized spacial score (nSPS) is 14.6. The maximum Gasteiger partial charge on any atom is 0.234 e. The molecule has 5 nitrogen and oxygen atoms in total. The third kappa shape index (κ3) is 18.3. The van der Waals surface area contributed by atoms with E-state index in [1.54, 1.807) is 14.2 Å². The number of aldehydes is 1. The fourth-order valence-corrected chi connectivity index (χ4v) is 3.19. The van der Waals surface area contributed by atoms with Gasteiger partial charge in [0.2, 0.25) is 5.91 Å². The molecule has 1 unspecified atom stereocenters. The van der Waals surface area contributed by atoms with Crippen LogP contribution in [0.2, 0.25) is 0 Å². The molecular weight excluding hydrogens is 376 g/mol. The number of benzene rings is 1. The highest BCUT2D eigenvalue weighted by atomic mass is 16.4. The van der Waals surface area contributed by atoms with Crippen LogP contribution in [0.1, 0.15) is 76.3 Å². The van der Waals surface area contributed by atoms with E-state index in [2.05, 4.69) is 48.2 Å². The van der Waals surface area contributed by atoms with E-state index >= 15 is 0 Å². The van der Waals surface area contributed by atoms with Crippen LogP contribution in [0.5, 0.6) is 0 Å². The van der Waals surface area contributed by atoms with Crippen molar-refractivity contribution in [2.45, 2.75) is 85.1 Å². The molecule has 1 aliphatic carbocycles. The Morgan fingerprint density at radius 2 is 1.43 bits per heavy atom. The van der Waals surface area contributed by atoms with Crippen molar-refractivity contribution in [1.29, 1.82) is 0 Å². The highest BCUT2D eigenvalue weighted by molar-refractivity contribution is 5.81. The second-order valence-electron chi connectivity index (χ2n) is 7.52. The number of ether oxygens (including phenoxy) is 1. The summed E-state index contributed by atoms with van der Waals surface area (Å²) in [6, 6.07) is 8.13. The van der Waals surface area contributed by atoms with Gasteiger partial charge in [-0.25, -0.2) is 0 Å². The summed E-state index contributed by atoms with van der Waals surface area (Å²) in [7, 11) is 3.25. The number of carbonyl (C=O) groups excluding carboxylic acids is 2. The van der Waals surface area contributed by atoms with Crippen molar-refractivity contribution in [3.05, 3.63) is 35.4 Å².